The van der Waals surface area contributed by atoms with E-state index in [1.807, 2.05) is 0 Å². The molecule has 0 N–H and O–H groups in total. The smallest absolute Gasteiger partial charge is 0.393 e. The Labute approximate surface area is 67.2 Å². The molecule has 0 heterocycles. The number of rotatable bonds is 4. The zero-order valence-corrected chi connectivity index (χ0v) is 6.80. The maximum Gasteiger partial charge on any atom is 0.393 e. The molecule has 0 aromatic carbocycles. The van der Waals surface area contributed by atoms with Crippen LogP contribution in [0.4, 0.5) is 13.2 Å². The molecule has 0 bridgehead atoms. The Morgan fingerprint density at radius 3 is 2.18 bits per heavy atom. The summed E-state index contributed by atoms with van der Waals surface area (Å²) in [6.45, 7) is 3.40. The lowest BCUT2D eigenvalue weighted by atomic mass is 10.5. The van der Waals surface area contributed by atoms with Crippen LogP contribution in [0.15, 0.2) is 0 Å². The SMILES string of the molecule is [CH2]CC[S+]([O-])CCC(F)(F)F. The second-order valence-electron chi connectivity index (χ2n) is 2.07. The highest BCUT2D eigenvalue weighted by Crippen LogP contribution is 2.20. The van der Waals surface area contributed by atoms with Gasteiger partial charge in [0, 0.05) is 0 Å². The third-order valence-corrected chi connectivity index (χ3v) is 2.39. The summed E-state index contributed by atoms with van der Waals surface area (Å²) in [7, 11) is 0. The Bertz CT molecular complexity index is 104. The van der Waals surface area contributed by atoms with Gasteiger partial charge in [-0.2, -0.15) is 13.2 Å². The predicted molar refractivity (Wildman–Crippen MR) is 38.5 cm³/mol. The van der Waals surface area contributed by atoms with Crippen LogP contribution in [0.3, 0.4) is 0 Å². The second-order valence-corrected chi connectivity index (χ2v) is 3.76. The Morgan fingerprint density at radius 1 is 1.27 bits per heavy atom. The van der Waals surface area contributed by atoms with E-state index in [9.17, 15) is 17.7 Å². The van der Waals surface area contributed by atoms with E-state index in [2.05, 4.69) is 6.92 Å². The molecule has 0 aliphatic carbocycles. The van der Waals surface area contributed by atoms with Crippen molar-refractivity contribution in [1.82, 2.24) is 0 Å². The van der Waals surface area contributed by atoms with Crippen LogP contribution in [0.2, 0.25) is 0 Å². The van der Waals surface area contributed by atoms with E-state index >= 15 is 0 Å². The molecule has 5 heteroatoms. The first-order valence-corrected chi connectivity index (χ1v) is 4.65. The zero-order valence-electron chi connectivity index (χ0n) is 5.99. The van der Waals surface area contributed by atoms with Gasteiger partial charge in [0.15, 0.2) is 0 Å². The minimum atomic E-state index is -4.18. The first-order chi connectivity index (χ1) is 4.95. The van der Waals surface area contributed by atoms with Crippen molar-refractivity contribution in [2.24, 2.45) is 0 Å². The monoisotopic (exact) mass is 187 g/mol. The molecular weight excluding hydrogens is 177 g/mol. The predicted octanol–water partition coefficient (Wildman–Crippen LogP) is 1.91. The molecule has 0 rings (SSSR count). The molecule has 0 saturated heterocycles. The lowest BCUT2D eigenvalue weighted by Crippen LogP contribution is -2.18. The van der Waals surface area contributed by atoms with Gasteiger partial charge in [0.2, 0.25) is 0 Å². The first kappa shape index (κ1) is 11.1. The van der Waals surface area contributed by atoms with E-state index in [4.69, 9.17) is 0 Å². The molecule has 0 aromatic rings. The molecule has 1 radical (unpaired) electrons. The van der Waals surface area contributed by atoms with Gasteiger partial charge in [0.05, 0.1) is 6.42 Å². The lowest BCUT2D eigenvalue weighted by molar-refractivity contribution is -0.129. The molecule has 0 aromatic heterocycles. The third-order valence-electron chi connectivity index (χ3n) is 0.985. The standard InChI is InChI=1S/C6H10F3OS/c1-2-4-11(10)5-3-6(7,8)9/h1-5H2. The van der Waals surface area contributed by atoms with Crippen LogP contribution in [0.1, 0.15) is 12.8 Å². The van der Waals surface area contributed by atoms with E-state index in [0.717, 1.165) is 0 Å². The summed E-state index contributed by atoms with van der Waals surface area (Å²) in [5.74, 6) is -0.0326. The average molecular weight is 187 g/mol. The topological polar surface area (TPSA) is 23.1 Å². The summed E-state index contributed by atoms with van der Waals surface area (Å²) in [5.41, 5.74) is 0. The summed E-state index contributed by atoms with van der Waals surface area (Å²) in [6, 6.07) is 0. The van der Waals surface area contributed by atoms with Crippen LogP contribution in [-0.2, 0) is 11.2 Å². The molecule has 1 atom stereocenters. The number of halogens is 3. The van der Waals surface area contributed by atoms with Gasteiger partial charge in [-0.3, -0.25) is 0 Å². The van der Waals surface area contributed by atoms with Gasteiger partial charge in [-0.05, 0) is 13.3 Å². The number of hydrogen-bond donors (Lipinski definition) is 0. The van der Waals surface area contributed by atoms with E-state index in [0.29, 0.717) is 6.42 Å². The summed E-state index contributed by atoms with van der Waals surface area (Å²) in [6.07, 6.45) is -4.72. The van der Waals surface area contributed by atoms with Crippen molar-refractivity contribution in [3.05, 3.63) is 6.92 Å². The summed E-state index contributed by atoms with van der Waals surface area (Å²) in [5, 5.41) is 0. The molecule has 0 spiro atoms. The maximum absolute atomic E-state index is 11.5. The maximum atomic E-state index is 11.5. The largest absolute Gasteiger partial charge is 0.616 e. The van der Waals surface area contributed by atoms with E-state index in [1.165, 1.54) is 0 Å². The summed E-state index contributed by atoms with van der Waals surface area (Å²) >= 11 is -1.35. The summed E-state index contributed by atoms with van der Waals surface area (Å²) in [4.78, 5) is 0. The average Bonchev–Trinajstić information content (AvgIpc) is 1.83. The molecule has 0 aliphatic rings. The van der Waals surface area contributed by atoms with E-state index in [1.54, 1.807) is 0 Å². The lowest BCUT2D eigenvalue weighted by Gasteiger charge is -2.10. The van der Waals surface area contributed by atoms with Crippen LogP contribution < -0.4 is 0 Å². The molecule has 0 fully saturated rings. The molecule has 1 nitrogen and oxygen atoms in total. The molecule has 0 saturated carbocycles. The molecule has 0 amide bonds. The fourth-order valence-corrected chi connectivity index (χ4v) is 1.48. The normalized spacial score (nSPS) is 15.0. The fraction of sp³-hybridized carbons (Fsp3) is 0.833. The van der Waals surface area contributed by atoms with Gasteiger partial charge in [-0.1, -0.05) is 11.2 Å². The summed E-state index contributed by atoms with van der Waals surface area (Å²) < 4.78 is 45.2. The third kappa shape index (κ3) is 8.00. The van der Waals surface area contributed by atoms with Gasteiger partial charge in [0.25, 0.3) is 0 Å². The van der Waals surface area contributed by atoms with Gasteiger partial charge in [0.1, 0.15) is 11.5 Å². The van der Waals surface area contributed by atoms with Gasteiger partial charge < -0.3 is 4.55 Å². The molecule has 11 heavy (non-hydrogen) atoms. The molecule has 1 unspecified atom stereocenters. The van der Waals surface area contributed by atoms with E-state index in [-0.39, 0.29) is 11.5 Å². The second kappa shape index (κ2) is 4.87. The van der Waals surface area contributed by atoms with E-state index < -0.39 is 23.8 Å². The molecule has 0 aliphatic heterocycles. The van der Waals surface area contributed by atoms with Crippen molar-refractivity contribution in [2.45, 2.75) is 19.0 Å². The van der Waals surface area contributed by atoms with Crippen molar-refractivity contribution in [1.29, 1.82) is 0 Å². The van der Waals surface area contributed by atoms with Gasteiger partial charge >= 0.3 is 6.18 Å². The Balaban J connectivity index is 3.38. The van der Waals surface area contributed by atoms with Gasteiger partial charge in [-0.25, -0.2) is 0 Å². The van der Waals surface area contributed by atoms with Crippen LogP contribution in [-0.4, -0.2) is 22.2 Å². The molecule has 67 valence electrons. The zero-order chi connectivity index (χ0) is 8.91. The highest BCUT2D eigenvalue weighted by atomic mass is 32.2. The van der Waals surface area contributed by atoms with Crippen molar-refractivity contribution in [3.8, 4) is 0 Å². The van der Waals surface area contributed by atoms with Crippen molar-refractivity contribution < 1.29 is 17.7 Å². The quantitative estimate of drug-likeness (QED) is 0.616. The van der Waals surface area contributed by atoms with Crippen LogP contribution in [0.25, 0.3) is 0 Å². The van der Waals surface area contributed by atoms with Crippen LogP contribution in [0.5, 0.6) is 0 Å². The van der Waals surface area contributed by atoms with Crippen molar-refractivity contribution in [3.63, 3.8) is 0 Å². The van der Waals surface area contributed by atoms with Crippen molar-refractivity contribution in [2.75, 3.05) is 11.5 Å². The Morgan fingerprint density at radius 2 is 1.82 bits per heavy atom. The minimum absolute atomic E-state index is 0.260. The van der Waals surface area contributed by atoms with Crippen LogP contribution >= 0.6 is 0 Å². The highest BCUT2D eigenvalue weighted by molar-refractivity contribution is 7.91. The highest BCUT2D eigenvalue weighted by Gasteiger charge is 2.29. The van der Waals surface area contributed by atoms with Crippen molar-refractivity contribution >= 4 is 11.2 Å². The minimum Gasteiger partial charge on any atom is -0.616 e. The first-order valence-electron chi connectivity index (χ1n) is 3.16. The number of hydrogen-bond acceptors (Lipinski definition) is 1. The molecular formula is C6H10F3OS. The van der Waals surface area contributed by atoms with Gasteiger partial charge in [-0.15, -0.1) is 0 Å². The Hall–Kier alpha value is 0.100. The number of alkyl halides is 3. The fourth-order valence-electron chi connectivity index (χ4n) is 0.493. The van der Waals surface area contributed by atoms with Crippen LogP contribution in [0, 0.1) is 6.92 Å². The Kier molecular flexibility index (Phi) is 4.92.